The lowest BCUT2D eigenvalue weighted by Crippen LogP contribution is -2.13. The van der Waals surface area contributed by atoms with Crippen molar-refractivity contribution in [2.45, 2.75) is 6.29 Å². The number of cyclic esters (lactones) is 1. The number of benzene rings is 1. The van der Waals surface area contributed by atoms with E-state index in [-0.39, 0.29) is 10.8 Å². The molecule has 0 unspecified atom stereocenters. The molecule has 1 aliphatic heterocycles. The van der Waals surface area contributed by atoms with Crippen LogP contribution in [0.5, 0.6) is 5.75 Å². The normalized spacial score (nSPS) is 19.9. The predicted octanol–water partition coefficient (Wildman–Crippen LogP) is 2.04. The number of carbonyl (C=O) groups excluding carboxylic acids is 1. The van der Waals surface area contributed by atoms with Crippen LogP contribution in [-0.2, 0) is 9.53 Å². The van der Waals surface area contributed by atoms with Gasteiger partial charge in [0.1, 0.15) is 5.75 Å². The van der Waals surface area contributed by atoms with Crippen LogP contribution < -0.4 is 4.74 Å². The van der Waals surface area contributed by atoms with Gasteiger partial charge >= 0.3 is 5.97 Å². The Balaban J connectivity index is 2.22. The topological polar surface area (TPSA) is 55.8 Å². The molecular weight excluding hydrogens is 255 g/mol. The predicted molar refractivity (Wildman–Crippen MR) is 57.1 cm³/mol. The third-order valence-corrected chi connectivity index (χ3v) is 2.47. The van der Waals surface area contributed by atoms with Gasteiger partial charge in [0.05, 0.1) is 0 Å². The molecule has 4 nitrogen and oxygen atoms in total. The van der Waals surface area contributed by atoms with Crippen LogP contribution in [0.1, 0.15) is 0 Å². The Kier molecular flexibility index (Phi) is 3.05. The maximum atomic E-state index is 11.0. The summed E-state index contributed by atoms with van der Waals surface area (Å²) in [7, 11) is 0. The third kappa shape index (κ3) is 2.14. The average Bonchev–Trinajstić information content (AvgIpc) is 2.48. The summed E-state index contributed by atoms with van der Waals surface area (Å²) in [6.07, 6.45) is -1.46. The van der Waals surface area contributed by atoms with Crippen molar-refractivity contribution in [3.8, 4) is 5.75 Å². The molecule has 1 heterocycles. The van der Waals surface area contributed by atoms with E-state index in [9.17, 15) is 9.90 Å². The van der Waals surface area contributed by atoms with Crippen molar-refractivity contribution in [3.05, 3.63) is 40.1 Å². The summed E-state index contributed by atoms with van der Waals surface area (Å²) in [6, 6.07) is 6.37. The first-order chi connectivity index (χ1) is 7.58. The molecule has 2 rings (SSSR count). The minimum Gasteiger partial charge on any atom is -0.453 e. The van der Waals surface area contributed by atoms with Crippen molar-refractivity contribution >= 4 is 29.2 Å². The van der Waals surface area contributed by atoms with Crippen LogP contribution in [0.4, 0.5) is 0 Å². The number of aliphatic hydroxyl groups excluding tert-OH is 1. The molecule has 16 heavy (non-hydrogen) atoms. The smallest absolute Gasteiger partial charge is 0.356 e. The van der Waals surface area contributed by atoms with Crippen LogP contribution in [0.2, 0.25) is 5.02 Å². The molecule has 0 saturated carbocycles. The summed E-state index contributed by atoms with van der Waals surface area (Å²) in [5.74, 6) is -0.526. The lowest BCUT2D eigenvalue weighted by atomic mass is 10.3. The van der Waals surface area contributed by atoms with E-state index in [1.165, 1.54) is 0 Å². The van der Waals surface area contributed by atoms with Gasteiger partial charge in [-0.1, -0.05) is 23.2 Å². The number of halogens is 2. The Morgan fingerprint density at radius 2 is 1.88 bits per heavy atom. The third-order valence-electron chi connectivity index (χ3n) is 1.88. The van der Waals surface area contributed by atoms with E-state index in [0.29, 0.717) is 10.8 Å². The van der Waals surface area contributed by atoms with E-state index < -0.39 is 12.3 Å². The molecule has 0 amide bonds. The number of esters is 1. The van der Waals surface area contributed by atoms with Gasteiger partial charge in [0.15, 0.2) is 10.8 Å². The first kappa shape index (κ1) is 11.3. The second-order valence-corrected chi connectivity index (χ2v) is 3.81. The van der Waals surface area contributed by atoms with Gasteiger partial charge < -0.3 is 14.6 Å². The Morgan fingerprint density at radius 1 is 1.25 bits per heavy atom. The first-order valence-corrected chi connectivity index (χ1v) is 5.05. The molecule has 0 spiro atoms. The minimum absolute atomic E-state index is 0.117. The van der Waals surface area contributed by atoms with Crippen LogP contribution in [0.15, 0.2) is 35.1 Å². The van der Waals surface area contributed by atoms with Gasteiger partial charge in [0.2, 0.25) is 0 Å². The van der Waals surface area contributed by atoms with Crippen molar-refractivity contribution in [2.24, 2.45) is 0 Å². The molecule has 1 aliphatic rings. The molecule has 0 aliphatic carbocycles. The van der Waals surface area contributed by atoms with Gasteiger partial charge in [-0.15, -0.1) is 0 Å². The van der Waals surface area contributed by atoms with E-state index in [2.05, 4.69) is 4.74 Å². The molecule has 1 atom stereocenters. The maximum Gasteiger partial charge on any atom is 0.356 e. The molecule has 1 aromatic carbocycles. The summed E-state index contributed by atoms with van der Waals surface area (Å²) >= 11 is 11.3. The number of aliphatic hydroxyl groups is 1. The first-order valence-electron chi connectivity index (χ1n) is 4.30. The van der Waals surface area contributed by atoms with Crippen molar-refractivity contribution in [1.29, 1.82) is 0 Å². The highest BCUT2D eigenvalue weighted by Gasteiger charge is 2.34. The van der Waals surface area contributed by atoms with Crippen LogP contribution in [0.3, 0.4) is 0 Å². The van der Waals surface area contributed by atoms with Crippen molar-refractivity contribution in [1.82, 2.24) is 0 Å². The molecule has 0 radical (unpaired) electrons. The van der Waals surface area contributed by atoms with Gasteiger partial charge in [0.25, 0.3) is 6.29 Å². The van der Waals surface area contributed by atoms with Crippen LogP contribution in [0, 0.1) is 0 Å². The van der Waals surface area contributed by atoms with Crippen LogP contribution in [-0.4, -0.2) is 17.4 Å². The standard InChI is InChI=1S/C10H6Cl2O4/c11-5-1-3-6(4-2-5)15-8-7(12)9(13)16-10(8)14/h1-4,10,14H/t10-/m0/s1. The largest absolute Gasteiger partial charge is 0.453 e. The molecule has 84 valence electrons. The molecule has 0 saturated heterocycles. The Labute approximate surface area is 101 Å². The highest BCUT2D eigenvalue weighted by molar-refractivity contribution is 6.42. The quantitative estimate of drug-likeness (QED) is 0.827. The number of ether oxygens (including phenoxy) is 2. The van der Waals surface area contributed by atoms with Crippen LogP contribution >= 0.6 is 23.2 Å². The molecule has 0 fully saturated rings. The molecule has 0 aromatic heterocycles. The van der Waals surface area contributed by atoms with E-state index in [4.69, 9.17) is 27.9 Å². The van der Waals surface area contributed by atoms with Crippen LogP contribution in [0.25, 0.3) is 0 Å². The molecular formula is C10H6Cl2O4. The van der Waals surface area contributed by atoms with Gasteiger partial charge in [-0.25, -0.2) is 4.79 Å². The number of hydrogen-bond acceptors (Lipinski definition) is 4. The lowest BCUT2D eigenvalue weighted by molar-refractivity contribution is -0.153. The highest BCUT2D eigenvalue weighted by atomic mass is 35.5. The number of carbonyl (C=O) groups is 1. The zero-order chi connectivity index (χ0) is 11.7. The van der Waals surface area contributed by atoms with Crippen molar-refractivity contribution < 1.29 is 19.4 Å². The molecule has 1 aromatic rings. The monoisotopic (exact) mass is 260 g/mol. The summed E-state index contributed by atoms with van der Waals surface area (Å²) in [6.45, 7) is 0. The highest BCUT2D eigenvalue weighted by Crippen LogP contribution is 2.27. The molecule has 1 N–H and O–H groups in total. The van der Waals surface area contributed by atoms with Crippen molar-refractivity contribution in [3.63, 3.8) is 0 Å². The van der Waals surface area contributed by atoms with Crippen molar-refractivity contribution in [2.75, 3.05) is 0 Å². The second-order valence-electron chi connectivity index (χ2n) is 2.99. The Morgan fingerprint density at radius 3 is 2.38 bits per heavy atom. The van der Waals surface area contributed by atoms with E-state index in [1.54, 1.807) is 24.3 Å². The number of hydrogen-bond donors (Lipinski definition) is 1. The maximum absolute atomic E-state index is 11.0. The van der Waals surface area contributed by atoms with Gasteiger partial charge in [-0.3, -0.25) is 0 Å². The molecule has 0 bridgehead atoms. The fraction of sp³-hybridized carbons (Fsp3) is 0.100. The minimum atomic E-state index is -1.46. The molecule has 6 heteroatoms. The lowest BCUT2D eigenvalue weighted by Gasteiger charge is -2.09. The zero-order valence-electron chi connectivity index (χ0n) is 7.81. The average molecular weight is 261 g/mol. The van der Waals surface area contributed by atoms with E-state index in [0.717, 1.165) is 0 Å². The number of rotatable bonds is 2. The summed E-state index contributed by atoms with van der Waals surface area (Å²) in [5, 5.41) is 9.60. The summed E-state index contributed by atoms with van der Waals surface area (Å²) in [4.78, 5) is 11.0. The summed E-state index contributed by atoms with van der Waals surface area (Å²) in [5.41, 5.74) is 0. The zero-order valence-corrected chi connectivity index (χ0v) is 9.33. The fourth-order valence-corrected chi connectivity index (χ4v) is 1.44. The van der Waals surface area contributed by atoms with Gasteiger partial charge in [0, 0.05) is 5.02 Å². The van der Waals surface area contributed by atoms with Gasteiger partial charge in [-0.2, -0.15) is 0 Å². The van der Waals surface area contributed by atoms with Gasteiger partial charge in [-0.05, 0) is 24.3 Å². The second kappa shape index (κ2) is 4.33. The summed E-state index contributed by atoms with van der Waals surface area (Å²) < 4.78 is 9.66. The Hall–Kier alpha value is -1.23. The van der Waals surface area contributed by atoms with E-state index >= 15 is 0 Å². The Bertz CT molecular complexity index is 452. The fourth-order valence-electron chi connectivity index (χ4n) is 1.14. The van der Waals surface area contributed by atoms with E-state index in [1.807, 2.05) is 0 Å². The SMILES string of the molecule is O=C1O[C@H](O)C(Oc2ccc(Cl)cc2)=C1Cl.